The Morgan fingerprint density at radius 2 is 1.42 bits per heavy atom. The van der Waals surface area contributed by atoms with Crippen LogP contribution >= 0.6 is 0 Å². The highest BCUT2D eigenvalue weighted by Gasteiger charge is 2.34. The van der Waals surface area contributed by atoms with Crippen LogP contribution in [0.1, 0.15) is 35.8 Å². The number of carbonyl (C=O) groups is 2. The summed E-state index contributed by atoms with van der Waals surface area (Å²) in [5, 5.41) is 4.51. The molecule has 0 fully saturated rings. The fraction of sp³-hybridized carbons (Fsp3) is 0.167. The molecule has 0 amide bonds. The lowest BCUT2D eigenvalue weighted by molar-refractivity contribution is -0.118. The maximum Gasteiger partial charge on any atom is 0.162 e. The van der Waals surface area contributed by atoms with E-state index in [-0.39, 0.29) is 23.4 Å². The van der Waals surface area contributed by atoms with Gasteiger partial charge in [-0.3, -0.25) is 9.59 Å². The average molecular weight is 340 g/mol. The highest BCUT2D eigenvalue weighted by molar-refractivity contribution is 6.11. The first-order chi connectivity index (χ1) is 12.7. The number of allylic oxidation sites excluding steroid dienone is 2. The van der Waals surface area contributed by atoms with Crippen molar-refractivity contribution in [2.75, 3.05) is 0 Å². The van der Waals surface area contributed by atoms with Crippen molar-refractivity contribution in [2.24, 2.45) is 0 Å². The van der Waals surface area contributed by atoms with Crippen molar-refractivity contribution >= 4 is 33.1 Å². The van der Waals surface area contributed by atoms with Crippen molar-refractivity contribution in [3.8, 4) is 0 Å². The summed E-state index contributed by atoms with van der Waals surface area (Å²) in [5.74, 6) is -0.402. The normalized spacial score (nSPS) is 19.1. The molecular weight excluding hydrogens is 320 g/mol. The molecule has 128 valence electrons. The highest BCUT2D eigenvalue weighted by atomic mass is 16.1. The molecule has 0 aromatic heterocycles. The third kappa shape index (κ3) is 2.41. The van der Waals surface area contributed by atoms with E-state index in [1.165, 1.54) is 17.5 Å². The molecule has 0 spiro atoms. The molecule has 3 aromatic carbocycles. The SMILES string of the molecule is C=CC(=O)C1CCC(C(=O)C=C)c2c1ccc1c2ccc2ccccc21. The van der Waals surface area contributed by atoms with Crippen LogP contribution in [0.15, 0.2) is 73.8 Å². The number of carbonyl (C=O) groups excluding carboxylic acids is 2. The highest BCUT2D eigenvalue weighted by Crippen LogP contribution is 2.44. The molecule has 2 nitrogen and oxygen atoms in total. The van der Waals surface area contributed by atoms with E-state index < -0.39 is 0 Å². The van der Waals surface area contributed by atoms with Gasteiger partial charge in [0.2, 0.25) is 0 Å². The molecule has 1 aliphatic carbocycles. The second-order valence-electron chi connectivity index (χ2n) is 6.85. The molecule has 4 rings (SSSR count). The largest absolute Gasteiger partial charge is 0.294 e. The summed E-state index contributed by atoms with van der Waals surface area (Å²) in [6, 6.07) is 16.5. The molecular formula is C24H20O2. The number of rotatable bonds is 4. The van der Waals surface area contributed by atoms with Crippen LogP contribution in [0.3, 0.4) is 0 Å². The van der Waals surface area contributed by atoms with E-state index in [2.05, 4.69) is 43.5 Å². The van der Waals surface area contributed by atoms with E-state index in [4.69, 9.17) is 0 Å². The van der Waals surface area contributed by atoms with E-state index in [0.29, 0.717) is 12.8 Å². The molecule has 0 radical (unpaired) electrons. The van der Waals surface area contributed by atoms with E-state index in [0.717, 1.165) is 27.3 Å². The van der Waals surface area contributed by atoms with Crippen LogP contribution < -0.4 is 0 Å². The zero-order chi connectivity index (χ0) is 18.3. The maximum atomic E-state index is 12.6. The van der Waals surface area contributed by atoms with E-state index >= 15 is 0 Å². The van der Waals surface area contributed by atoms with Gasteiger partial charge in [-0.15, -0.1) is 0 Å². The molecule has 0 saturated heterocycles. The third-order valence-corrected chi connectivity index (χ3v) is 5.56. The average Bonchev–Trinajstić information content (AvgIpc) is 2.71. The molecule has 3 aromatic rings. The molecule has 0 aliphatic heterocycles. The van der Waals surface area contributed by atoms with Gasteiger partial charge in [-0.1, -0.05) is 61.7 Å². The Labute approximate surface area is 152 Å². The molecule has 26 heavy (non-hydrogen) atoms. The van der Waals surface area contributed by atoms with Crippen LogP contribution in [-0.4, -0.2) is 11.6 Å². The fourth-order valence-electron chi connectivity index (χ4n) is 4.32. The number of hydrogen-bond acceptors (Lipinski definition) is 2. The Morgan fingerprint density at radius 1 is 0.769 bits per heavy atom. The second kappa shape index (κ2) is 6.38. The van der Waals surface area contributed by atoms with Gasteiger partial charge < -0.3 is 0 Å². The summed E-state index contributed by atoms with van der Waals surface area (Å²) < 4.78 is 0. The van der Waals surface area contributed by atoms with Gasteiger partial charge in [0.05, 0.1) is 0 Å². The van der Waals surface area contributed by atoms with Gasteiger partial charge in [0.15, 0.2) is 11.6 Å². The van der Waals surface area contributed by atoms with Crippen molar-refractivity contribution in [1.82, 2.24) is 0 Å². The third-order valence-electron chi connectivity index (χ3n) is 5.56. The summed E-state index contributed by atoms with van der Waals surface area (Å²) in [6.45, 7) is 7.33. The smallest absolute Gasteiger partial charge is 0.162 e. The van der Waals surface area contributed by atoms with E-state index in [1.54, 1.807) is 0 Å². The molecule has 0 bridgehead atoms. The van der Waals surface area contributed by atoms with Gasteiger partial charge in [-0.25, -0.2) is 0 Å². The number of ketones is 2. The Balaban J connectivity index is 2.07. The summed E-state index contributed by atoms with van der Waals surface area (Å²) in [6.07, 6.45) is 4.13. The van der Waals surface area contributed by atoms with Crippen LogP contribution in [0.25, 0.3) is 21.5 Å². The van der Waals surface area contributed by atoms with Crippen LogP contribution in [0.4, 0.5) is 0 Å². The Hall–Kier alpha value is -3.00. The first-order valence-electron chi connectivity index (χ1n) is 8.92. The summed E-state index contributed by atoms with van der Waals surface area (Å²) in [5.41, 5.74) is 1.95. The lowest BCUT2D eigenvalue weighted by atomic mass is 9.71. The molecule has 0 saturated carbocycles. The van der Waals surface area contributed by atoms with Gasteiger partial charge in [-0.2, -0.15) is 0 Å². The zero-order valence-electron chi connectivity index (χ0n) is 14.6. The number of benzene rings is 3. The Kier molecular flexibility index (Phi) is 4.04. The van der Waals surface area contributed by atoms with Gasteiger partial charge in [0, 0.05) is 11.8 Å². The van der Waals surface area contributed by atoms with E-state index in [1.807, 2.05) is 18.2 Å². The van der Waals surface area contributed by atoms with Crippen molar-refractivity contribution in [2.45, 2.75) is 24.7 Å². The lowest BCUT2D eigenvalue weighted by Crippen LogP contribution is -2.24. The fourth-order valence-corrected chi connectivity index (χ4v) is 4.32. The van der Waals surface area contributed by atoms with Crippen LogP contribution in [0.2, 0.25) is 0 Å². The summed E-state index contributed by atoms with van der Waals surface area (Å²) in [7, 11) is 0. The zero-order valence-corrected chi connectivity index (χ0v) is 14.6. The minimum Gasteiger partial charge on any atom is -0.294 e. The van der Waals surface area contributed by atoms with Crippen LogP contribution in [0.5, 0.6) is 0 Å². The number of fused-ring (bicyclic) bond motifs is 5. The first-order valence-corrected chi connectivity index (χ1v) is 8.92. The first kappa shape index (κ1) is 16.5. The topological polar surface area (TPSA) is 34.1 Å². The second-order valence-corrected chi connectivity index (χ2v) is 6.85. The quantitative estimate of drug-likeness (QED) is 0.466. The van der Waals surface area contributed by atoms with E-state index in [9.17, 15) is 9.59 Å². The minimum atomic E-state index is -0.235. The number of hydrogen-bond donors (Lipinski definition) is 0. The molecule has 1 aliphatic rings. The predicted octanol–water partition coefficient (Wildman–Crippen LogP) is 5.46. The van der Waals surface area contributed by atoms with Gasteiger partial charge >= 0.3 is 0 Å². The molecule has 0 N–H and O–H groups in total. The van der Waals surface area contributed by atoms with Crippen LogP contribution in [-0.2, 0) is 9.59 Å². The Morgan fingerprint density at radius 3 is 2.19 bits per heavy atom. The lowest BCUT2D eigenvalue weighted by Gasteiger charge is -2.30. The molecule has 0 heterocycles. The Bertz CT molecular complexity index is 1070. The monoisotopic (exact) mass is 340 g/mol. The van der Waals surface area contributed by atoms with Crippen molar-refractivity contribution in [3.05, 3.63) is 85.0 Å². The van der Waals surface area contributed by atoms with Crippen molar-refractivity contribution < 1.29 is 9.59 Å². The van der Waals surface area contributed by atoms with Gasteiger partial charge in [0.25, 0.3) is 0 Å². The van der Waals surface area contributed by atoms with Crippen molar-refractivity contribution in [3.63, 3.8) is 0 Å². The molecule has 2 heteroatoms. The van der Waals surface area contributed by atoms with Crippen molar-refractivity contribution in [1.29, 1.82) is 0 Å². The maximum absolute atomic E-state index is 12.6. The molecule has 2 atom stereocenters. The van der Waals surface area contributed by atoms with Gasteiger partial charge in [-0.05, 0) is 57.7 Å². The minimum absolute atomic E-state index is 0.0240. The summed E-state index contributed by atoms with van der Waals surface area (Å²) >= 11 is 0. The summed E-state index contributed by atoms with van der Waals surface area (Å²) in [4.78, 5) is 25.0. The standard InChI is InChI=1S/C24H20O2/c1-3-22(25)18-12-14-21(23(26)4-2)24-19-10-9-15-7-5-6-8-16(15)17(19)11-13-20(18)24/h3-11,13,18,21H,1-2,12,14H2. The van der Waals surface area contributed by atoms with Gasteiger partial charge in [0.1, 0.15) is 0 Å². The predicted molar refractivity (Wildman–Crippen MR) is 107 cm³/mol. The molecule has 2 unspecified atom stereocenters. The van der Waals surface area contributed by atoms with Crippen LogP contribution in [0, 0.1) is 0 Å².